The van der Waals surface area contributed by atoms with Crippen molar-refractivity contribution in [3.63, 3.8) is 0 Å². The Bertz CT molecular complexity index is 696. The van der Waals surface area contributed by atoms with Gasteiger partial charge >= 0.3 is 5.97 Å². The van der Waals surface area contributed by atoms with Crippen molar-refractivity contribution in [3.8, 4) is 5.88 Å². The maximum absolute atomic E-state index is 12.2. The Kier molecular flexibility index (Phi) is 3.84. The first-order chi connectivity index (χ1) is 9.06. The molecule has 0 atom stereocenters. The predicted octanol–water partition coefficient (Wildman–Crippen LogP) is 1.34. The third-order valence-corrected chi connectivity index (χ3v) is 3.08. The van der Waals surface area contributed by atoms with Crippen molar-refractivity contribution < 1.29 is 14.3 Å². The first-order valence-corrected chi connectivity index (χ1v) is 6.17. The Hall–Kier alpha value is -1.89. The number of carbonyl (C=O) groups excluding carboxylic acids is 1. The lowest BCUT2D eigenvalue weighted by Crippen LogP contribution is -2.27. The highest BCUT2D eigenvalue weighted by Gasteiger charge is 2.13. The molecule has 1 heterocycles. The summed E-state index contributed by atoms with van der Waals surface area (Å²) in [6, 6.07) is 5.14. The Labute approximate surface area is 117 Å². The van der Waals surface area contributed by atoms with E-state index in [0.717, 1.165) is 9.15 Å². The van der Waals surface area contributed by atoms with Crippen LogP contribution in [0.2, 0.25) is 0 Å². The van der Waals surface area contributed by atoms with Crippen molar-refractivity contribution in [2.24, 2.45) is 0 Å². The molecule has 0 saturated heterocycles. The van der Waals surface area contributed by atoms with Gasteiger partial charge in [-0.2, -0.15) is 0 Å². The number of halogens is 1. The summed E-state index contributed by atoms with van der Waals surface area (Å²) in [5.74, 6) is -0.270. The second-order valence-corrected chi connectivity index (χ2v) is 4.65. The van der Waals surface area contributed by atoms with Gasteiger partial charge in [0.1, 0.15) is 6.54 Å². The van der Waals surface area contributed by atoms with Crippen LogP contribution in [0.15, 0.2) is 27.5 Å². The Morgan fingerprint density at radius 3 is 2.74 bits per heavy atom. The maximum atomic E-state index is 12.2. The van der Waals surface area contributed by atoms with Gasteiger partial charge in [0.05, 0.1) is 25.0 Å². The lowest BCUT2D eigenvalue weighted by atomic mass is 10.2. The van der Waals surface area contributed by atoms with Crippen LogP contribution < -0.4 is 10.3 Å². The maximum Gasteiger partial charge on any atom is 0.327 e. The quantitative estimate of drug-likeness (QED) is 0.796. The number of ether oxygens (including phenoxy) is 2. The molecular formula is C12H11BrN2O4. The van der Waals surface area contributed by atoms with Crippen molar-refractivity contribution >= 4 is 32.7 Å². The van der Waals surface area contributed by atoms with Crippen molar-refractivity contribution in [1.82, 2.24) is 9.78 Å². The van der Waals surface area contributed by atoms with Crippen molar-refractivity contribution in [3.05, 3.63) is 33.0 Å². The first-order valence-electron chi connectivity index (χ1n) is 5.38. The third kappa shape index (κ3) is 2.60. The van der Waals surface area contributed by atoms with Gasteiger partial charge in [-0.25, -0.2) is 4.68 Å². The molecule has 1 aromatic carbocycles. The summed E-state index contributed by atoms with van der Waals surface area (Å²) in [6.45, 7) is -0.252. The van der Waals surface area contributed by atoms with Crippen molar-refractivity contribution in [1.29, 1.82) is 0 Å². The molecule has 0 fully saturated rings. The zero-order chi connectivity index (χ0) is 14.0. The van der Waals surface area contributed by atoms with Crippen molar-refractivity contribution in [2.45, 2.75) is 6.54 Å². The standard InChI is InChI=1S/C12H11BrN2O4/c1-18-10(16)6-15-12(17)8-4-3-7(13)5-9(8)11(14-15)19-2/h3-5H,6H2,1-2H3. The molecule has 1 aromatic heterocycles. The van der Waals surface area contributed by atoms with Crippen molar-refractivity contribution in [2.75, 3.05) is 14.2 Å². The summed E-state index contributed by atoms with van der Waals surface area (Å²) in [5, 5.41) is 5.02. The summed E-state index contributed by atoms with van der Waals surface area (Å²) >= 11 is 3.32. The van der Waals surface area contributed by atoms with Gasteiger partial charge in [0.2, 0.25) is 5.88 Å². The highest BCUT2D eigenvalue weighted by molar-refractivity contribution is 9.10. The number of nitrogens with zero attached hydrogens (tertiary/aromatic N) is 2. The summed E-state index contributed by atoms with van der Waals surface area (Å²) in [5.41, 5.74) is -0.367. The van der Waals surface area contributed by atoms with Gasteiger partial charge in [-0.15, -0.1) is 5.10 Å². The fourth-order valence-corrected chi connectivity index (χ4v) is 2.03. The van der Waals surface area contributed by atoms with E-state index in [1.165, 1.54) is 14.2 Å². The summed E-state index contributed by atoms with van der Waals surface area (Å²) in [6.07, 6.45) is 0. The minimum Gasteiger partial charge on any atom is -0.480 e. The Morgan fingerprint density at radius 2 is 2.11 bits per heavy atom. The Morgan fingerprint density at radius 1 is 1.37 bits per heavy atom. The van der Waals surface area contributed by atoms with Crippen LogP contribution in [0, 0.1) is 0 Å². The van der Waals surface area contributed by atoms with Crippen LogP contribution in [0.1, 0.15) is 0 Å². The Balaban J connectivity index is 2.68. The molecule has 2 aromatic rings. The molecule has 0 aliphatic carbocycles. The molecule has 6 nitrogen and oxygen atoms in total. The first kappa shape index (κ1) is 13.5. The molecule has 0 radical (unpaired) electrons. The number of carbonyl (C=O) groups is 1. The van der Waals surface area contributed by atoms with Crippen LogP contribution in [0.5, 0.6) is 5.88 Å². The second-order valence-electron chi connectivity index (χ2n) is 3.74. The van der Waals surface area contributed by atoms with E-state index in [1.807, 2.05) is 0 Å². The monoisotopic (exact) mass is 326 g/mol. The lowest BCUT2D eigenvalue weighted by Gasteiger charge is -2.09. The molecule has 2 rings (SSSR count). The van der Waals surface area contributed by atoms with Crippen LogP contribution in [0.4, 0.5) is 0 Å². The molecule has 0 N–H and O–H groups in total. The molecule has 7 heteroatoms. The third-order valence-electron chi connectivity index (χ3n) is 2.59. The normalized spacial score (nSPS) is 10.5. The zero-order valence-electron chi connectivity index (χ0n) is 10.3. The fourth-order valence-electron chi connectivity index (χ4n) is 1.67. The molecule has 100 valence electrons. The average Bonchev–Trinajstić information content (AvgIpc) is 2.41. The van der Waals surface area contributed by atoms with E-state index < -0.39 is 5.97 Å². The molecule has 0 bridgehead atoms. The summed E-state index contributed by atoms with van der Waals surface area (Å²) in [4.78, 5) is 23.4. The number of rotatable bonds is 3. The van der Waals surface area contributed by atoms with Crippen LogP contribution in [0.25, 0.3) is 10.8 Å². The molecule has 0 saturated carbocycles. The van der Waals surface area contributed by atoms with E-state index in [-0.39, 0.29) is 18.0 Å². The number of methoxy groups -OCH3 is 2. The zero-order valence-corrected chi connectivity index (χ0v) is 11.9. The highest BCUT2D eigenvalue weighted by Crippen LogP contribution is 2.23. The number of aromatic nitrogens is 2. The van der Waals surface area contributed by atoms with E-state index in [0.29, 0.717) is 10.8 Å². The van der Waals surface area contributed by atoms with Gasteiger partial charge < -0.3 is 9.47 Å². The molecule has 0 unspecified atom stereocenters. The molecule has 0 amide bonds. The van der Waals surface area contributed by atoms with Crippen LogP contribution in [0.3, 0.4) is 0 Å². The van der Waals surface area contributed by atoms with E-state index in [1.54, 1.807) is 18.2 Å². The largest absolute Gasteiger partial charge is 0.480 e. The van der Waals surface area contributed by atoms with E-state index >= 15 is 0 Å². The lowest BCUT2D eigenvalue weighted by molar-refractivity contribution is -0.141. The molecule has 0 aliphatic heterocycles. The number of benzene rings is 1. The van der Waals surface area contributed by atoms with E-state index in [4.69, 9.17) is 4.74 Å². The van der Waals surface area contributed by atoms with Gasteiger partial charge in [-0.3, -0.25) is 9.59 Å². The minimum atomic E-state index is -0.548. The van der Waals surface area contributed by atoms with Gasteiger partial charge in [0.15, 0.2) is 0 Å². The summed E-state index contributed by atoms with van der Waals surface area (Å²) < 4.78 is 11.5. The van der Waals surface area contributed by atoms with E-state index in [2.05, 4.69) is 25.8 Å². The van der Waals surface area contributed by atoms with Crippen LogP contribution in [-0.2, 0) is 16.1 Å². The number of esters is 1. The smallest absolute Gasteiger partial charge is 0.327 e. The summed E-state index contributed by atoms with van der Waals surface area (Å²) in [7, 11) is 2.71. The van der Waals surface area contributed by atoms with Crippen LogP contribution in [-0.4, -0.2) is 30.0 Å². The fraction of sp³-hybridized carbons (Fsp3) is 0.250. The molecule has 0 spiro atoms. The SMILES string of the molecule is COC(=O)Cn1nc(OC)c2cc(Br)ccc2c1=O. The van der Waals surface area contributed by atoms with E-state index in [9.17, 15) is 9.59 Å². The van der Waals surface area contributed by atoms with Gasteiger partial charge in [0.25, 0.3) is 5.56 Å². The number of hydrogen-bond acceptors (Lipinski definition) is 5. The van der Waals surface area contributed by atoms with Gasteiger partial charge in [0, 0.05) is 4.47 Å². The highest BCUT2D eigenvalue weighted by atomic mass is 79.9. The van der Waals surface area contributed by atoms with Crippen LogP contribution >= 0.6 is 15.9 Å². The predicted molar refractivity (Wildman–Crippen MR) is 72.3 cm³/mol. The van der Waals surface area contributed by atoms with Gasteiger partial charge in [-0.1, -0.05) is 15.9 Å². The molecule has 0 aliphatic rings. The number of hydrogen-bond donors (Lipinski definition) is 0. The molecule has 19 heavy (non-hydrogen) atoms. The van der Waals surface area contributed by atoms with Gasteiger partial charge in [-0.05, 0) is 18.2 Å². The number of fused-ring (bicyclic) bond motifs is 1. The topological polar surface area (TPSA) is 70.4 Å². The molecular weight excluding hydrogens is 316 g/mol. The second kappa shape index (κ2) is 5.40. The minimum absolute atomic E-state index is 0.252. The average molecular weight is 327 g/mol.